The number of imide groups is 1. The van der Waals surface area contributed by atoms with E-state index in [2.05, 4.69) is 22.6 Å². The summed E-state index contributed by atoms with van der Waals surface area (Å²) < 4.78 is 5.50. The molecule has 2 aromatic rings. The molecule has 32 heavy (non-hydrogen) atoms. The van der Waals surface area contributed by atoms with Gasteiger partial charge < -0.3 is 10.1 Å². The van der Waals surface area contributed by atoms with Crippen LogP contribution in [0.4, 0.5) is 5.69 Å². The molecule has 4 unspecified atom stereocenters. The molecule has 2 bridgehead atoms. The smallest absolute Gasteiger partial charge is 0.262 e. The van der Waals surface area contributed by atoms with Gasteiger partial charge in [-0.15, -0.1) is 0 Å². The molecule has 7 nitrogen and oxygen atoms in total. The molecular formula is C24H20ClN3O4. The maximum absolute atomic E-state index is 12.7. The molecule has 0 spiro atoms. The predicted molar refractivity (Wildman–Crippen MR) is 119 cm³/mol. The molecule has 5 rings (SSSR count). The second-order valence-electron chi connectivity index (χ2n) is 8.15. The average molecular weight is 450 g/mol. The summed E-state index contributed by atoms with van der Waals surface area (Å²) in [4.78, 5) is 37.3. The molecule has 2 fully saturated rings. The first-order chi connectivity index (χ1) is 15.5. The van der Waals surface area contributed by atoms with Gasteiger partial charge in [0.2, 0.25) is 0 Å². The van der Waals surface area contributed by atoms with E-state index < -0.39 is 0 Å². The first-order valence-corrected chi connectivity index (χ1v) is 10.8. The number of carbonyl (C=O) groups is 3. The summed E-state index contributed by atoms with van der Waals surface area (Å²) >= 11 is 5.83. The molecule has 4 atom stereocenters. The summed E-state index contributed by atoms with van der Waals surface area (Å²) in [6.07, 6.45) is 6.49. The van der Waals surface area contributed by atoms with Crippen molar-refractivity contribution in [2.24, 2.45) is 28.8 Å². The quantitative estimate of drug-likeness (QED) is 0.415. The van der Waals surface area contributed by atoms with Crippen molar-refractivity contribution in [2.75, 3.05) is 11.9 Å². The van der Waals surface area contributed by atoms with Crippen molar-refractivity contribution in [3.05, 3.63) is 71.3 Å². The van der Waals surface area contributed by atoms with E-state index in [0.29, 0.717) is 22.0 Å². The Hall–Kier alpha value is -3.45. The van der Waals surface area contributed by atoms with Gasteiger partial charge in [-0.2, -0.15) is 10.1 Å². The Labute approximate surface area is 189 Å². The highest BCUT2D eigenvalue weighted by Crippen LogP contribution is 2.52. The van der Waals surface area contributed by atoms with E-state index in [1.807, 2.05) is 0 Å². The number of carbonyl (C=O) groups excluding carboxylic acids is 3. The minimum Gasteiger partial charge on any atom is -0.484 e. The zero-order chi connectivity index (χ0) is 22.2. The molecule has 1 saturated heterocycles. The summed E-state index contributed by atoms with van der Waals surface area (Å²) in [5.41, 5.74) is 1.34. The lowest BCUT2D eigenvalue weighted by Crippen LogP contribution is -2.28. The highest BCUT2D eigenvalue weighted by atomic mass is 35.5. The van der Waals surface area contributed by atoms with E-state index in [9.17, 15) is 14.4 Å². The number of nitrogens with one attached hydrogen (secondary N) is 1. The van der Waals surface area contributed by atoms with Crippen molar-refractivity contribution in [2.45, 2.75) is 6.42 Å². The highest BCUT2D eigenvalue weighted by Gasteiger charge is 2.59. The van der Waals surface area contributed by atoms with Crippen LogP contribution in [0.15, 0.2) is 65.8 Å². The number of hydrogen-bond donors (Lipinski definition) is 1. The van der Waals surface area contributed by atoms with Crippen LogP contribution in [-0.4, -0.2) is 35.6 Å². The lowest BCUT2D eigenvalue weighted by Gasteiger charge is -2.13. The van der Waals surface area contributed by atoms with Crippen LogP contribution in [0.1, 0.15) is 12.0 Å². The molecule has 1 saturated carbocycles. The summed E-state index contributed by atoms with van der Waals surface area (Å²) in [6.45, 7) is -0.147. The normalized spacial score (nSPS) is 25.6. The largest absolute Gasteiger partial charge is 0.484 e. The fourth-order valence-electron chi connectivity index (χ4n) is 4.65. The molecular weight excluding hydrogens is 430 g/mol. The average Bonchev–Trinajstić information content (AvgIpc) is 3.47. The van der Waals surface area contributed by atoms with Crippen molar-refractivity contribution < 1.29 is 19.1 Å². The zero-order valence-corrected chi connectivity index (χ0v) is 17.7. The molecule has 3 amide bonds. The van der Waals surface area contributed by atoms with Gasteiger partial charge in [0.15, 0.2) is 6.61 Å². The number of hydrazone groups is 1. The molecule has 0 aromatic heterocycles. The molecule has 1 N–H and O–H groups in total. The van der Waals surface area contributed by atoms with Crippen molar-refractivity contribution >= 4 is 41.2 Å². The van der Waals surface area contributed by atoms with Crippen LogP contribution in [-0.2, 0) is 14.4 Å². The van der Waals surface area contributed by atoms with Crippen LogP contribution < -0.4 is 10.1 Å². The standard InChI is InChI=1S/C24H20ClN3O4/c25-17-5-7-18(8-6-17)27-20(29)13-32-19-9-1-14(2-10-19)12-26-28-23(30)21-15-3-4-16(11-15)22(21)24(28)31/h1-10,12,15-16,21-22H,11,13H2,(H,27,29). The minimum atomic E-state index is -0.293. The minimum absolute atomic E-state index is 0.147. The number of halogens is 1. The van der Waals surface area contributed by atoms with Crippen molar-refractivity contribution in [3.63, 3.8) is 0 Å². The SMILES string of the molecule is O=C(COc1ccc(C=NN2C(=O)C3C4C=CC(C4)C3C2=O)cc1)Nc1ccc(Cl)cc1. The third-order valence-electron chi connectivity index (χ3n) is 6.15. The number of fused-ring (bicyclic) bond motifs is 5. The maximum Gasteiger partial charge on any atom is 0.262 e. The van der Waals surface area contributed by atoms with Crippen LogP contribution in [0.3, 0.4) is 0 Å². The zero-order valence-electron chi connectivity index (χ0n) is 17.0. The monoisotopic (exact) mass is 449 g/mol. The number of benzene rings is 2. The molecule has 162 valence electrons. The number of ether oxygens (including phenoxy) is 1. The Kier molecular flexibility index (Phi) is 5.27. The molecule has 0 radical (unpaired) electrons. The molecule has 8 heteroatoms. The van der Waals surface area contributed by atoms with E-state index >= 15 is 0 Å². The second kappa shape index (κ2) is 8.24. The molecule has 1 heterocycles. The van der Waals surface area contributed by atoms with Gasteiger partial charge in [-0.05, 0) is 72.4 Å². The van der Waals surface area contributed by atoms with E-state index in [1.165, 1.54) is 6.21 Å². The van der Waals surface area contributed by atoms with Gasteiger partial charge in [0.1, 0.15) is 5.75 Å². The Morgan fingerprint density at radius 2 is 1.66 bits per heavy atom. The number of rotatable bonds is 6. The van der Waals surface area contributed by atoms with Crippen molar-refractivity contribution in [3.8, 4) is 5.75 Å². The Bertz CT molecular complexity index is 1100. The van der Waals surface area contributed by atoms with Crippen LogP contribution in [0.2, 0.25) is 5.02 Å². The van der Waals surface area contributed by atoms with Gasteiger partial charge in [0.25, 0.3) is 17.7 Å². The predicted octanol–water partition coefficient (Wildman–Crippen LogP) is 3.50. The molecule has 2 aromatic carbocycles. The lowest BCUT2D eigenvalue weighted by molar-refractivity contribution is -0.140. The van der Waals surface area contributed by atoms with Crippen LogP contribution in [0, 0.1) is 23.7 Å². The number of amides is 3. The summed E-state index contributed by atoms with van der Waals surface area (Å²) in [6, 6.07) is 13.7. The van der Waals surface area contributed by atoms with E-state index in [0.717, 1.165) is 11.4 Å². The Morgan fingerprint density at radius 1 is 1.03 bits per heavy atom. The second-order valence-corrected chi connectivity index (χ2v) is 8.58. The number of anilines is 1. The van der Waals surface area contributed by atoms with Gasteiger partial charge in [-0.1, -0.05) is 23.8 Å². The third-order valence-corrected chi connectivity index (χ3v) is 6.40. The summed E-state index contributed by atoms with van der Waals surface area (Å²) in [5, 5.41) is 8.49. The number of hydrogen-bond acceptors (Lipinski definition) is 5. The van der Waals surface area contributed by atoms with Crippen LogP contribution in [0.25, 0.3) is 0 Å². The number of nitrogens with zero attached hydrogens (tertiary/aromatic N) is 2. The molecule has 1 aliphatic heterocycles. The van der Waals surface area contributed by atoms with Gasteiger partial charge >= 0.3 is 0 Å². The summed E-state index contributed by atoms with van der Waals surface area (Å²) in [5.74, 6) is -0.393. The fourth-order valence-corrected chi connectivity index (χ4v) is 4.78. The van der Waals surface area contributed by atoms with Crippen molar-refractivity contribution in [1.29, 1.82) is 0 Å². The van der Waals surface area contributed by atoms with Crippen molar-refractivity contribution in [1.82, 2.24) is 5.01 Å². The number of allylic oxidation sites excluding steroid dienone is 2. The van der Waals surface area contributed by atoms with Gasteiger partial charge in [-0.25, -0.2) is 0 Å². The van der Waals surface area contributed by atoms with Crippen LogP contribution >= 0.6 is 11.6 Å². The first kappa shape index (κ1) is 20.5. The third kappa shape index (κ3) is 3.80. The maximum atomic E-state index is 12.7. The van der Waals surface area contributed by atoms with Gasteiger partial charge in [0.05, 0.1) is 18.1 Å². The molecule has 2 aliphatic carbocycles. The first-order valence-electron chi connectivity index (χ1n) is 10.4. The van der Waals surface area contributed by atoms with E-state index in [-0.39, 0.29) is 48.0 Å². The van der Waals surface area contributed by atoms with E-state index in [4.69, 9.17) is 16.3 Å². The lowest BCUT2D eigenvalue weighted by atomic mass is 9.85. The van der Waals surface area contributed by atoms with Crippen LogP contribution in [0.5, 0.6) is 5.75 Å². The Morgan fingerprint density at radius 3 is 2.28 bits per heavy atom. The van der Waals surface area contributed by atoms with E-state index in [1.54, 1.807) is 48.5 Å². The van der Waals surface area contributed by atoms with Gasteiger partial charge in [-0.3, -0.25) is 14.4 Å². The highest BCUT2D eigenvalue weighted by molar-refractivity contribution is 6.30. The Balaban J connectivity index is 1.15. The topological polar surface area (TPSA) is 88.1 Å². The fraction of sp³-hybridized carbons (Fsp3) is 0.250. The molecule has 3 aliphatic rings. The van der Waals surface area contributed by atoms with Gasteiger partial charge in [0, 0.05) is 10.7 Å². The summed E-state index contributed by atoms with van der Waals surface area (Å²) in [7, 11) is 0.